The number of alkyl halides is 1. The number of rotatable bonds is 3. The van der Waals surface area contributed by atoms with Gasteiger partial charge in [-0.25, -0.2) is 5.11 Å². The Kier molecular flexibility index (Phi) is 5.33. The van der Waals surface area contributed by atoms with E-state index in [9.17, 15) is 9.50 Å². The molecule has 0 spiro atoms. The third kappa shape index (κ3) is 5.63. The quantitative estimate of drug-likeness (QED) is 0.480. The van der Waals surface area contributed by atoms with E-state index in [0.717, 1.165) is 0 Å². The van der Waals surface area contributed by atoms with Crippen molar-refractivity contribution in [2.75, 3.05) is 13.3 Å². The van der Waals surface area contributed by atoms with Gasteiger partial charge in [-0.05, 0) is 6.42 Å². The van der Waals surface area contributed by atoms with E-state index in [0.29, 0.717) is 6.42 Å². The minimum Gasteiger partial charge on any atom is -0.251 e. The molecule has 0 N–H and O–H groups in total. The van der Waals surface area contributed by atoms with Crippen LogP contribution in [-0.4, -0.2) is 13.3 Å². The average molecular weight is 103 g/mol. The summed E-state index contributed by atoms with van der Waals surface area (Å²) in [5.41, 5.74) is 0. The van der Waals surface area contributed by atoms with Crippen molar-refractivity contribution in [3.05, 3.63) is 12.2 Å². The van der Waals surface area contributed by atoms with Crippen molar-refractivity contribution in [3.63, 3.8) is 0 Å². The van der Waals surface area contributed by atoms with Gasteiger partial charge in [-0.3, -0.25) is 4.39 Å². The van der Waals surface area contributed by atoms with E-state index >= 15 is 0 Å². The first-order valence-electron chi connectivity index (χ1n) is 2.21. The molecule has 0 saturated carbocycles. The summed E-state index contributed by atoms with van der Waals surface area (Å²) in [5, 5.41) is 9.60. The Labute approximate surface area is 42.5 Å². The van der Waals surface area contributed by atoms with Crippen LogP contribution in [0.15, 0.2) is 12.2 Å². The van der Waals surface area contributed by atoms with Crippen LogP contribution in [0.25, 0.3) is 0 Å². The van der Waals surface area contributed by atoms with Crippen LogP contribution in [0, 0.1) is 0 Å². The minimum atomic E-state index is -0.365. The zero-order chi connectivity index (χ0) is 5.54. The first-order valence-corrected chi connectivity index (χ1v) is 2.21. The second-order valence-electron chi connectivity index (χ2n) is 1.12. The van der Waals surface area contributed by atoms with Gasteiger partial charge in [0, 0.05) is 0 Å². The van der Waals surface area contributed by atoms with Gasteiger partial charge in [0.15, 0.2) is 0 Å². The summed E-state index contributed by atoms with van der Waals surface area (Å²) in [5.74, 6) is 0. The highest BCUT2D eigenvalue weighted by Gasteiger charge is 1.72. The first kappa shape index (κ1) is 6.63. The number of halogens is 1. The molecule has 0 bridgehead atoms. The number of hydrogen-bond donors (Lipinski definition) is 0. The van der Waals surface area contributed by atoms with Crippen LogP contribution in [0.3, 0.4) is 0 Å². The molecule has 0 aliphatic carbocycles. The molecule has 0 aliphatic heterocycles. The molecule has 0 aromatic carbocycles. The van der Waals surface area contributed by atoms with Crippen molar-refractivity contribution in [2.24, 2.45) is 0 Å². The van der Waals surface area contributed by atoms with Crippen molar-refractivity contribution < 1.29 is 9.50 Å². The molecule has 0 fully saturated rings. The Morgan fingerprint density at radius 2 is 2.14 bits per heavy atom. The third-order valence-corrected chi connectivity index (χ3v) is 0.539. The summed E-state index contributed by atoms with van der Waals surface area (Å²) in [6.07, 6.45) is 3.34. The fourth-order valence-electron chi connectivity index (χ4n) is 0.249. The van der Waals surface area contributed by atoms with Gasteiger partial charge in [-0.2, -0.15) is 0 Å². The van der Waals surface area contributed by atoms with Crippen LogP contribution >= 0.6 is 0 Å². The fourth-order valence-corrected chi connectivity index (χ4v) is 0.249. The van der Waals surface area contributed by atoms with E-state index in [4.69, 9.17) is 0 Å². The Balaban J connectivity index is 2.78. The molecule has 0 atom stereocenters. The van der Waals surface area contributed by atoms with Crippen LogP contribution in [-0.2, 0) is 5.11 Å². The van der Waals surface area contributed by atoms with Crippen LogP contribution in [0.4, 0.5) is 4.39 Å². The Hall–Kier alpha value is -0.370. The summed E-state index contributed by atoms with van der Waals surface area (Å²) in [6.45, 7) is -0.601. The SMILES string of the molecule is [O]CC=CCCF. The Bertz CT molecular complexity index is 52.0. The van der Waals surface area contributed by atoms with Gasteiger partial charge in [0.1, 0.15) is 6.61 Å². The summed E-state index contributed by atoms with van der Waals surface area (Å²) in [7, 11) is 0. The molecule has 0 rings (SSSR count). The van der Waals surface area contributed by atoms with Gasteiger partial charge in [-0.1, -0.05) is 12.2 Å². The predicted octanol–water partition coefficient (Wildman–Crippen LogP) is 1.33. The van der Waals surface area contributed by atoms with E-state index in [1.54, 1.807) is 6.08 Å². The van der Waals surface area contributed by atoms with Gasteiger partial charge in [0.25, 0.3) is 0 Å². The van der Waals surface area contributed by atoms with Crippen molar-refractivity contribution in [1.82, 2.24) is 0 Å². The molecule has 0 amide bonds. The maximum Gasteiger partial charge on any atom is 0.100 e. The van der Waals surface area contributed by atoms with E-state index in [1.165, 1.54) is 6.08 Å². The van der Waals surface area contributed by atoms with Gasteiger partial charge >= 0.3 is 0 Å². The Morgan fingerprint density at radius 3 is 2.57 bits per heavy atom. The standard InChI is InChI=1S/C5H8FO/c6-4-2-1-3-5-7/h1,3H,2,4-5H2. The molecule has 0 aromatic rings. The maximum atomic E-state index is 11.2. The molecule has 2 heteroatoms. The lowest BCUT2D eigenvalue weighted by Crippen LogP contribution is -1.70. The summed E-state index contributed by atoms with van der Waals surface area (Å²) >= 11 is 0. The maximum absolute atomic E-state index is 11.2. The highest BCUT2D eigenvalue weighted by Crippen LogP contribution is 1.81. The fraction of sp³-hybridized carbons (Fsp3) is 0.600. The van der Waals surface area contributed by atoms with Gasteiger partial charge in [0.2, 0.25) is 0 Å². The van der Waals surface area contributed by atoms with Gasteiger partial charge < -0.3 is 0 Å². The van der Waals surface area contributed by atoms with Crippen molar-refractivity contribution in [2.45, 2.75) is 6.42 Å². The summed E-state index contributed by atoms with van der Waals surface area (Å²) in [6, 6.07) is 0. The first-order chi connectivity index (χ1) is 3.41. The normalized spacial score (nSPS) is 10.6. The highest BCUT2D eigenvalue weighted by molar-refractivity contribution is 4.79. The molecule has 41 valence electrons. The Morgan fingerprint density at radius 1 is 1.43 bits per heavy atom. The lowest BCUT2D eigenvalue weighted by Gasteiger charge is -1.76. The number of allylic oxidation sites excluding steroid dienone is 1. The van der Waals surface area contributed by atoms with Gasteiger partial charge in [0.05, 0.1) is 6.67 Å². The second-order valence-corrected chi connectivity index (χ2v) is 1.12. The minimum absolute atomic E-state index is 0.236. The van der Waals surface area contributed by atoms with E-state index < -0.39 is 0 Å². The lowest BCUT2D eigenvalue weighted by molar-refractivity contribution is 0.232. The van der Waals surface area contributed by atoms with E-state index in [2.05, 4.69) is 0 Å². The van der Waals surface area contributed by atoms with Crippen molar-refractivity contribution in [1.29, 1.82) is 0 Å². The molecule has 0 heterocycles. The molecule has 1 nitrogen and oxygen atoms in total. The second kappa shape index (κ2) is 5.63. The lowest BCUT2D eigenvalue weighted by atomic mass is 10.4. The molecule has 1 radical (unpaired) electrons. The molecule has 7 heavy (non-hydrogen) atoms. The third-order valence-electron chi connectivity index (χ3n) is 0.539. The zero-order valence-electron chi connectivity index (χ0n) is 4.06. The highest BCUT2D eigenvalue weighted by atomic mass is 19.1. The number of hydrogen-bond acceptors (Lipinski definition) is 0. The van der Waals surface area contributed by atoms with E-state index in [1.807, 2.05) is 0 Å². The average Bonchev–Trinajstić information content (AvgIpc) is 1.69. The smallest absolute Gasteiger partial charge is 0.100 e. The largest absolute Gasteiger partial charge is 0.251 e. The van der Waals surface area contributed by atoms with E-state index in [-0.39, 0.29) is 13.3 Å². The van der Waals surface area contributed by atoms with Crippen molar-refractivity contribution >= 4 is 0 Å². The molecule has 0 saturated heterocycles. The molecule has 0 aliphatic rings. The van der Waals surface area contributed by atoms with Gasteiger partial charge in [-0.15, -0.1) is 0 Å². The monoisotopic (exact) mass is 103 g/mol. The van der Waals surface area contributed by atoms with Crippen LogP contribution in [0.2, 0.25) is 0 Å². The topological polar surface area (TPSA) is 19.9 Å². The molecular formula is C5H8FO. The summed E-state index contributed by atoms with van der Waals surface area (Å²) in [4.78, 5) is 0. The molecule has 0 unspecified atom stereocenters. The molecular weight excluding hydrogens is 95.1 g/mol. The van der Waals surface area contributed by atoms with Crippen LogP contribution in [0.5, 0.6) is 0 Å². The predicted molar refractivity (Wildman–Crippen MR) is 25.3 cm³/mol. The van der Waals surface area contributed by atoms with Crippen molar-refractivity contribution in [3.8, 4) is 0 Å². The van der Waals surface area contributed by atoms with Crippen LogP contribution in [0.1, 0.15) is 6.42 Å². The van der Waals surface area contributed by atoms with Crippen LogP contribution < -0.4 is 0 Å². The molecule has 0 aromatic heterocycles. The zero-order valence-corrected chi connectivity index (χ0v) is 4.06. The summed E-state index contributed by atoms with van der Waals surface area (Å²) < 4.78 is 11.2.